The molecule has 2 rings (SSSR count). The van der Waals surface area contributed by atoms with Crippen molar-refractivity contribution in [2.24, 2.45) is 5.92 Å². The first-order valence-electron chi connectivity index (χ1n) is 5.97. The lowest BCUT2D eigenvalue weighted by molar-refractivity contribution is 0.0795. The highest BCUT2D eigenvalue weighted by Gasteiger charge is 2.13. The van der Waals surface area contributed by atoms with Crippen molar-refractivity contribution in [3.8, 4) is 0 Å². The molecule has 0 aromatic carbocycles. The zero-order valence-corrected chi connectivity index (χ0v) is 10.9. The molecule has 1 N–H and O–H groups in total. The van der Waals surface area contributed by atoms with Crippen LogP contribution in [-0.2, 0) is 11.3 Å². The number of nitrogens with one attached hydrogen (secondary N) is 1. The van der Waals surface area contributed by atoms with Crippen molar-refractivity contribution in [1.29, 1.82) is 0 Å². The summed E-state index contributed by atoms with van der Waals surface area (Å²) >= 11 is 1.75. The van der Waals surface area contributed by atoms with Crippen LogP contribution < -0.4 is 5.32 Å². The molecule has 3 nitrogen and oxygen atoms in total. The molecule has 1 saturated heterocycles. The van der Waals surface area contributed by atoms with Gasteiger partial charge in [-0.3, -0.25) is 0 Å². The monoisotopic (exact) mass is 240 g/mol. The summed E-state index contributed by atoms with van der Waals surface area (Å²) in [6.07, 6.45) is 2.58. The van der Waals surface area contributed by atoms with Gasteiger partial charge in [-0.2, -0.15) is 0 Å². The van der Waals surface area contributed by atoms with Crippen molar-refractivity contribution >= 4 is 11.3 Å². The summed E-state index contributed by atoms with van der Waals surface area (Å²) in [5.74, 6) is 0.697. The molecule has 0 bridgehead atoms. The Hall–Kier alpha value is -0.450. The van der Waals surface area contributed by atoms with Crippen LogP contribution in [0.1, 0.15) is 28.4 Å². The summed E-state index contributed by atoms with van der Waals surface area (Å²) < 4.78 is 5.78. The van der Waals surface area contributed by atoms with Gasteiger partial charge in [0, 0.05) is 6.54 Å². The lowest BCUT2D eigenvalue weighted by Crippen LogP contribution is -2.32. The Balaban J connectivity index is 1.73. The molecule has 0 saturated carbocycles. The summed E-state index contributed by atoms with van der Waals surface area (Å²) in [6, 6.07) is 0. The van der Waals surface area contributed by atoms with Gasteiger partial charge in [0.2, 0.25) is 0 Å². The van der Waals surface area contributed by atoms with Crippen molar-refractivity contribution in [1.82, 2.24) is 10.3 Å². The predicted octanol–water partition coefficient (Wildman–Crippen LogP) is 2.28. The van der Waals surface area contributed by atoms with Gasteiger partial charge < -0.3 is 10.1 Å². The maximum Gasteiger partial charge on any atom is 0.0900 e. The molecular weight excluding hydrogens is 220 g/mol. The molecule has 1 unspecified atom stereocenters. The second-order valence-electron chi connectivity index (χ2n) is 4.47. The highest BCUT2D eigenvalue weighted by Crippen LogP contribution is 2.19. The Labute approximate surface area is 101 Å². The Morgan fingerprint density at radius 1 is 1.50 bits per heavy atom. The largest absolute Gasteiger partial charge is 0.376 e. The minimum absolute atomic E-state index is 0.697. The van der Waals surface area contributed by atoms with E-state index in [4.69, 9.17) is 4.74 Å². The molecule has 1 aromatic rings. The number of ether oxygens (including phenoxy) is 1. The van der Waals surface area contributed by atoms with Gasteiger partial charge in [-0.1, -0.05) is 0 Å². The van der Waals surface area contributed by atoms with E-state index in [0.717, 1.165) is 30.5 Å². The van der Waals surface area contributed by atoms with E-state index in [9.17, 15) is 0 Å². The van der Waals surface area contributed by atoms with Crippen LogP contribution in [0.2, 0.25) is 0 Å². The molecule has 90 valence electrons. The van der Waals surface area contributed by atoms with Gasteiger partial charge in [-0.25, -0.2) is 4.98 Å². The minimum Gasteiger partial charge on any atom is -0.376 e. The quantitative estimate of drug-likeness (QED) is 0.876. The third kappa shape index (κ3) is 3.27. The average molecular weight is 240 g/mol. The number of rotatable bonds is 4. The van der Waals surface area contributed by atoms with Crippen molar-refractivity contribution in [3.63, 3.8) is 0 Å². The summed E-state index contributed by atoms with van der Waals surface area (Å²) in [5, 5.41) is 4.54. The number of aromatic nitrogens is 1. The van der Waals surface area contributed by atoms with Crippen LogP contribution >= 0.6 is 11.3 Å². The molecule has 1 fully saturated rings. The van der Waals surface area contributed by atoms with E-state index in [2.05, 4.69) is 17.2 Å². The number of thiazole rings is 1. The number of piperidine rings is 1. The lowest BCUT2D eigenvalue weighted by atomic mass is 10.0. The predicted molar refractivity (Wildman–Crippen MR) is 66.8 cm³/mol. The van der Waals surface area contributed by atoms with Crippen LogP contribution in [0.5, 0.6) is 0 Å². The molecule has 1 atom stereocenters. The molecule has 16 heavy (non-hydrogen) atoms. The van der Waals surface area contributed by atoms with E-state index in [-0.39, 0.29) is 0 Å². The van der Waals surface area contributed by atoms with E-state index in [1.165, 1.54) is 24.3 Å². The second-order valence-corrected chi connectivity index (χ2v) is 5.76. The van der Waals surface area contributed by atoms with Crippen LogP contribution in [0.25, 0.3) is 0 Å². The first kappa shape index (κ1) is 12.0. The highest BCUT2D eigenvalue weighted by atomic mass is 32.1. The molecule has 1 aliphatic heterocycles. The maximum atomic E-state index is 5.78. The van der Waals surface area contributed by atoms with Gasteiger partial charge in [0.05, 0.1) is 28.8 Å². The van der Waals surface area contributed by atoms with Crippen LogP contribution in [0.15, 0.2) is 0 Å². The van der Waals surface area contributed by atoms with Gasteiger partial charge in [-0.05, 0) is 39.2 Å². The van der Waals surface area contributed by atoms with Crippen molar-refractivity contribution < 1.29 is 4.74 Å². The molecule has 0 amide bonds. The molecule has 2 heterocycles. The number of nitrogens with zero attached hydrogens (tertiary/aromatic N) is 1. The fourth-order valence-electron chi connectivity index (χ4n) is 2.09. The second kappa shape index (κ2) is 5.75. The molecule has 0 spiro atoms. The number of aryl methyl sites for hydroxylation is 2. The average Bonchev–Trinajstić information content (AvgIpc) is 2.59. The Bertz CT molecular complexity index is 332. The topological polar surface area (TPSA) is 34.1 Å². The molecule has 1 aromatic heterocycles. The third-order valence-electron chi connectivity index (χ3n) is 2.99. The Morgan fingerprint density at radius 2 is 2.38 bits per heavy atom. The van der Waals surface area contributed by atoms with Crippen LogP contribution in [0.3, 0.4) is 0 Å². The van der Waals surface area contributed by atoms with Gasteiger partial charge in [0.1, 0.15) is 0 Å². The Kier molecular flexibility index (Phi) is 4.32. The normalized spacial score (nSPS) is 21.2. The third-order valence-corrected chi connectivity index (χ3v) is 4.03. The fourth-order valence-corrected chi connectivity index (χ4v) is 2.97. The maximum absolute atomic E-state index is 5.78. The lowest BCUT2D eigenvalue weighted by Gasteiger charge is -2.22. The van der Waals surface area contributed by atoms with E-state index >= 15 is 0 Å². The first-order chi connectivity index (χ1) is 7.75. The van der Waals surface area contributed by atoms with Crippen molar-refractivity contribution in [3.05, 3.63) is 15.6 Å². The molecule has 0 radical (unpaired) electrons. The molecule has 4 heteroatoms. The first-order valence-corrected chi connectivity index (χ1v) is 6.78. The molecular formula is C12H20N2OS. The van der Waals surface area contributed by atoms with Gasteiger partial charge in [-0.15, -0.1) is 11.3 Å². The van der Waals surface area contributed by atoms with Gasteiger partial charge >= 0.3 is 0 Å². The molecule has 0 aliphatic carbocycles. The summed E-state index contributed by atoms with van der Waals surface area (Å²) in [5.41, 5.74) is 1.13. The Morgan fingerprint density at radius 3 is 3.00 bits per heavy atom. The number of hydrogen-bond donors (Lipinski definition) is 1. The van der Waals surface area contributed by atoms with E-state index in [1.54, 1.807) is 11.3 Å². The van der Waals surface area contributed by atoms with Crippen LogP contribution in [0.4, 0.5) is 0 Å². The van der Waals surface area contributed by atoms with Crippen LogP contribution in [0, 0.1) is 19.8 Å². The zero-order chi connectivity index (χ0) is 11.4. The summed E-state index contributed by atoms with van der Waals surface area (Å²) in [4.78, 5) is 5.68. The van der Waals surface area contributed by atoms with E-state index in [1.807, 2.05) is 6.92 Å². The van der Waals surface area contributed by atoms with Crippen LogP contribution in [-0.4, -0.2) is 24.7 Å². The van der Waals surface area contributed by atoms with Gasteiger partial charge in [0.15, 0.2) is 0 Å². The zero-order valence-electron chi connectivity index (χ0n) is 10.1. The number of hydrogen-bond acceptors (Lipinski definition) is 4. The van der Waals surface area contributed by atoms with E-state index in [0.29, 0.717) is 5.92 Å². The highest BCUT2D eigenvalue weighted by molar-refractivity contribution is 7.11. The van der Waals surface area contributed by atoms with Crippen molar-refractivity contribution in [2.75, 3.05) is 19.7 Å². The fraction of sp³-hybridized carbons (Fsp3) is 0.750. The standard InChI is InChI=1S/C12H20N2OS/c1-9-12(16-10(2)14-9)8-15-7-11-4-3-5-13-6-11/h11,13H,3-8H2,1-2H3. The van der Waals surface area contributed by atoms with Gasteiger partial charge in [0.25, 0.3) is 0 Å². The molecule has 1 aliphatic rings. The van der Waals surface area contributed by atoms with Crippen molar-refractivity contribution in [2.45, 2.75) is 33.3 Å². The summed E-state index contributed by atoms with van der Waals surface area (Å²) in [7, 11) is 0. The smallest absolute Gasteiger partial charge is 0.0900 e. The minimum atomic E-state index is 0.697. The van der Waals surface area contributed by atoms with E-state index < -0.39 is 0 Å². The SMILES string of the molecule is Cc1nc(C)c(COCC2CCCNC2)s1. The summed E-state index contributed by atoms with van der Waals surface area (Å²) in [6.45, 7) is 8.00.